The van der Waals surface area contributed by atoms with E-state index in [1.165, 1.54) is 11.3 Å². The third kappa shape index (κ3) is 4.70. The average molecular weight is 339 g/mol. The van der Waals surface area contributed by atoms with Gasteiger partial charge in [-0.05, 0) is 27.7 Å². The predicted molar refractivity (Wildman–Crippen MR) is 84.8 cm³/mol. The maximum atomic E-state index is 12.3. The second kappa shape index (κ2) is 6.31. The Morgan fingerprint density at radius 3 is 2.40 bits per heavy atom. The van der Waals surface area contributed by atoms with Gasteiger partial charge in [0.25, 0.3) is 0 Å². The molecule has 0 saturated carbocycles. The lowest BCUT2D eigenvalue weighted by Crippen LogP contribution is -2.53. The van der Waals surface area contributed by atoms with E-state index in [2.05, 4.69) is 9.71 Å². The van der Waals surface area contributed by atoms with Crippen molar-refractivity contribution < 1.29 is 13.0 Å². The van der Waals surface area contributed by atoms with Crippen molar-refractivity contribution in [3.05, 3.63) is 16.6 Å². The molecule has 116 valence electrons. The Labute approximate surface area is 128 Å². The van der Waals surface area contributed by atoms with Crippen LogP contribution >= 0.6 is 11.3 Å². The molecule has 0 fully saturated rings. The number of aromatic nitrogens is 1. The first-order valence-corrected chi connectivity index (χ1v) is 10.2. The van der Waals surface area contributed by atoms with Gasteiger partial charge in [0.15, 0.2) is 9.84 Å². The van der Waals surface area contributed by atoms with E-state index in [0.29, 0.717) is 5.01 Å². The zero-order chi connectivity index (χ0) is 15.6. The van der Waals surface area contributed by atoms with Gasteiger partial charge < -0.3 is 4.55 Å². The van der Waals surface area contributed by atoms with Gasteiger partial charge in [-0.3, -0.25) is 0 Å². The lowest BCUT2D eigenvalue weighted by atomic mass is 10.1. The SMILES string of the molecule is CCS(=O)(=O)C[C@](C)(N[S@+]([O-])C(C)(C)C)c1nccs1. The molecule has 1 aromatic rings. The van der Waals surface area contributed by atoms with Crippen LogP contribution in [-0.4, -0.2) is 34.2 Å². The molecule has 0 amide bonds. The normalized spacial score (nSPS) is 17.7. The summed E-state index contributed by atoms with van der Waals surface area (Å²) in [5.41, 5.74) is -0.943. The van der Waals surface area contributed by atoms with Crippen LogP contribution in [0, 0.1) is 0 Å². The van der Waals surface area contributed by atoms with E-state index in [9.17, 15) is 13.0 Å². The van der Waals surface area contributed by atoms with E-state index in [1.807, 2.05) is 20.8 Å². The van der Waals surface area contributed by atoms with Crippen LogP contribution in [0.15, 0.2) is 11.6 Å². The van der Waals surface area contributed by atoms with Crippen LogP contribution in [0.3, 0.4) is 0 Å². The maximum Gasteiger partial charge on any atom is 0.152 e. The van der Waals surface area contributed by atoms with Gasteiger partial charge >= 0.3 is 0 Å². The third-order valence-electron chi connectivity index (χ3n) is 2.73. The van der Waals surface area contributed by atoms with Gasteiger partial charge in [-0.1, -0.05) is 6.92 Å². The molecule has 1 aromatic heterocycles. The van der Waals surface area contributed by atoms with Crippen molar-refractivity contribution >= 4 is 32.5 Å². The molecular weight excluding hydrogens is 316 g/mol. The Morgan fingerprint density at radius 2 is 2.00 bits per heavy atom. The van der Waals surface area contributed by atoms with Crippen LogP contribution in [-0.2, 0) is 26.7 Å². The second-order valence-electron chi connectivity index (χ2n) is 5.83. The van der Waals surface area contributed by atoms with E-state index in [4.69, 9.17) is 0 Å². The smallest absolute Gasteiger partial charge is 0.152 e. The van der Waals surface area contributed by atoms with Crippen molar-refractivity contribution in [2.45, 2.75) is 44.9 Å². The number of sulfone groups is 1. The van der Waals surface area contributed by atoms with E-state index in [1.54, 1.807) is 25.4 Å². The molecule has 0 radical (unpaired) electrons. The van der Waals surface area contributed by atoms with Gasteiger partial charge in [-0.15, -0.1) is 16.1 Å². The fraction of sp³-hybridized carbons (Fsp3) is 0.750. The number of nitrogens with one attached hydrogen (secondary N) is 1. The third-order valence-corrected chi connectivity index (χ3v) is 7.41. The summed E-state index contributed by atoms with van der Waals surface area (Å²) in [5, 5.41) is 2.42. The maximum absolute atomic E-state index is 12.3. The molecule has 1 rings (SSSR count). The summed E-state index contributed by atoms with van der Waals surface area (Å²) in [5.74, 6) is -0.0658. The summed E-state index contributed by atoms with van der Waals surface area (Å²) in [7, 11) is -3.22. The highest BCUT2D eigenvalue weighted by atomic mass is 32.2. The van der Waals surface area contributed by atoms with Crippen LogP contribution in [0.4, 0.5) is 0 Å². The highest BCUT2D eigenvalue weighted by molar-refractivity contribution is 7.92. The van der Waals surface area contributed by atoms with Crippen molar-refractivity contribution in [1.29, 1.82) is 0 Å². The summed E-state index contributed by atoms with van der Waals surface area (Å²) in [6.45, 7) is 8.87. The molecule has 2 atom stereocenters. The van der Waals surface area contributed by atoms with E-state index < -0.39 is 31.5 Å². The summed E-state index contributed by atoms with van der Waals surface area (Å²) < 4.78 is 38.8. The van der Waals surface area contributed by atoms with Crippen LogP contribution in [0.25, 0.3) is 0 Å². The second-order valence-corrected chi connectivity index (χ2v) is 11.0. The Kier molecular flexibility index (Phi) is 5.65. The van der Waals surface area contributed by atoms with E-state index in [0.717, 1.165) is 0 Å². The van der Waals surface area contributed by atoms with Crippen LogP contribution in [0.1, 0.15) is 39.6 Å². The summed E-state index contributed by atoms with van der Waals surface area (Å²) in [4.78, 5) is 4.20. The van der Waals surface area contributed by atoms with Gasteiger partial charge in [-0.25, -0.2) is 13.4 Å². The molecule has 0 bridgehead atoms. The Bertz CT molecular complexity index is 523. The number of thiazole rings is 1. The monoisotopic (exact) mass is 338 g/mol. The first kappa shape index (κ1) is 17.9. The zero-order valence-electron chi connectivity index (χ0n) is 12.5. The number of nitrogens with zero attached hydrogens (tertiary/aromatic N) is 1. The van der Waals surface area contributed by atoms with Gasteiger partial charge in [0, 0.05) is 28.7 Å². The molecule has 5 nitrogen and oxygen atoms in total. The first-order chi connectivity index (χ1) is 9.00. The molecule has 20 heavy (non-hydrogen) atoms. The van der Waals surface area contributed by atoms with Crippen molar-refractivity contribution in [2.24, 2.45) is 0 Å². The van der Waals surface area contributed by atoms with Gasteiger partial charge in [-0.2, -0.15) is 0 Å². The number of hydrogen-bond donors (Lipinski definition) is 1. The first-order valence-electron chi connectivity index (χ1n) is 6.30. The number of rotatable bonds is 6. The molecule has 1 N–H and O–H groups in total. The fourth-order valence-electron chi connectivity index (χ4n) is 1.53. The van der Waals surface area contributed by atoms with Crippen molar-refractivity contribution in [2.75, 3.05) is 11.5 Å². The lowest BCUT2D eigenvalue weighted by molar-refractivity contribution is 0.451. The van der Waals surface area contributed by atoms with Gasteiger partial charge in [0.05, 0.1) is 5.75 Å². The minimum Gasteiger partial charge on any atom is -0.598 e. The molecule has 0 saturated heterocycles. The molecule has 0 aromatic carbocycles. The van der Waals surface area contributed by atoms with E-state index in [-0.39, 0.29) is 11.5 Å². The summed E-state index contributed by atoms with van der Waals surface area (Å²) in [6.07, 6.45) is 1.62. The van der Waals surface area contributed by atoms with E-state index >= 15 is 0 Å². The fourth-order valence-corrected chi connectivity index (χ4v) is 4.71. The summed E-state index contributed by atoms with van der Waals surface area (Å²) in [6, 6.07) is 0. The topological polar surface area (TPSA) is 82.1 Å². The quantitative estimate of drug-likeness (QED) is 0.800. The molecule has 0 spiro atoms. The molecular formula is C12H22N2O3S3. The van der Waals surface area contributed by atoms with Crippen LogP contribution in [0.2, 0.25) is 0 Å². The summed E-state index contributed by atoms with van der Waals surface area (Å²) >= 11 is -0.0147. The molecule has 8 heteroatoms. The van der Waals surface area contributed by atoms with Crippen molar-refractivity contribution in [1.82, 2.24) is 9.71 Å². The molecule has 0 unspecified atom stereocenters. The highest BCUT2D eigenvalue weighted by Gasteiger charge is 2.41. The zero-order valence-corrected chi connectivity index (χ0v) is 14.9. The molecule has 0 aliphatic heterocycles. The Balaban J connectivity index is 3.09. The Hall–Kier alpha value is -0.150. The van der Waals surface area contributed by atoms with Crippen molar-refractivity contribution in [3.63, 3.8) is 0 Å². The average Bonchev–Trinajstić information content (AvgIpc) is 2.80. The minimum atomic E-state index is -3.22. The lowest BCUT2D eigenvalue weighted by Gasteiger charge is -2.33. The predicted octanol–water partition coefficient (Wildman–Crippen LogP) is 1.84. The van der Waals surface area contributed by atoms with Gasteiger partial charge in [0.2, 0.25) is 0 Å². The Morgan fingerprint density at radius 1 is 1.40 bits per heavy atom. The molecule has 0 aliphatic rings. The highest BCUT2D eigenvalue weighted by Crippen LogP contribution is 2.28. The van der Waals surface area contributed by atoms with Crippen LogP contribution in [0.5, 0.6) is 0 Å². The van der Waals surface area contributed by atoms with Gasteiger partial charge in [0.1, 0.15) is 15.3 Å². The minimum absolute atomic E-state index is 0.0534. The molecule has 1 heterocycles. The molecule has 0 aliphatic carbocycles. The number of hydrogen-bond acceptors (Lipinski definition) is 6. The van der Waals surface area contributed by atoms with Crippen LogP contribution < -0.4 is 4.72 Å². The standard InChI is InChI=1S/C12H22N2O3S3/c1-6-20(16,17)9-12(5,10-13-7-8-18-10)14-19(15)11(2,3)4/h7-8,14H,6,9H2,1-5H3/t12-,19+/m0/s1. The largest absolute Gasteiger partial charge is 0.598 e. The van der Waals surface area contributed by atoms with Crippen molar-refractivity contribution in [3.8, 4) is 0 Å².